The number of hydrogen-bond acceptors (Lipinski definition) is 5. The van der Waals surface area contributed by atoms with Crippen molar-refractivity contribution in [2.24, 2.45) is 0 Å². The molecule has 0 aliphatic rings. The number of esters is 1. The van der Waals surface area contributed by atoms with Crippen molar-refractivity contribution in [1.29, 1.82) is 0 Å². The van der Waals surface area contributed by atoms with Gasteiger partial charge < -0.3 is 10.1 Å². The molecule has 7 heteroatoms. The van der Waals surface area contributed by atoms with Gasteiger partial charge in [0, 0.05) is 24.4 Å². The molecule has 3 aromatic rings. The van der Waals surface area contributed by atoms with Crippen LogP contribution in [-0.4, -0.2) is 34.3 Å². The van der Waals surface area contributed by atoms with Crippen LogP contribution in [0.15, 0.2) is 60.1 Å². The second-order valence-corrected chi connectivity index (χ2v) is 6.95. The van der Waals surface area contributed by atoms with E-state index in [2.05, 4.69) is 10.4 Å². The highest BCUT2D eigenvalue weighted by molar-refractivity contribution is 7.13. The van der Waals surface area contributed by atoms with E-state index < -0.39 is 12.1 Å². The molecule has 144 valence electrons. The number of para-hydroxylation sites is 1. The summed E-state index contributed by atoms with van der Waals surface area (Å²) in [6, 6.07) is 13.7. The number of thiophene rings is 1. The summed E-state index contributed by atoms with van der Waals surface area (Å²) in [4.78, 5) is 24.8. The van der Waals surface area contributed by atoms with Crippen molar-refractivity contribution >= 4 is 29.3 Å². The van der Waals surface area contributed by atoms with Gasteiger partial charge in [-0.2, -0.15) is 5.10 Å². The SMILES string of the molecule is CCNC(=O)[C@H](C)OC(=O)/C=C/c1cn(-c2ccccc2)nc1-c1cccs1. The Morgan fingerprint density at radius 2 is 2.04 bits per heavy atom. The Kier molecular flexibility index (Phi) is 6.39. The zero-order valence-electron chi connectivity index (χ0n) is 15.7. The van der Waals surface area contributed by atoms with E-state index in [9.17, 15) is 9.59 Å². The van der Waals surface area contributed by atoms with E-state index in [-0.39, 0.29) is 5.91 Å². The number of aromatic nitrogens is 2. The number of amides is 1. The lowest BCUT2D eigenvalue weighted by atomic mass is 10.2. The van der Waals surface area contributed by atoms with Gasteiger partial charge in [0.05, 0.1) is 10.6 Å². The van der Waals surface area contributed by atoms with Gasteiger partial charge in [-0.05, 0) is 43.5 Å². The van der Waals surface area contributed by atoms with Gasteiger partial charge in [0.15, 0.2) is 6.10 Å². The van der Waals surface area contributed by atoms with E-state index in [0.29, 0.717) is 6.54 Å². The van der Waals surface area contributed by atoms with Crippen molar-refractivity contribution in [3.63, 3.8) is 0 Å². The van der Waals surface area contributed by atoms with Gasteiger partial charge in [0.1, 0.15) is 5.69 Å². The first-order valence-corrected chi connectivity index (χ1v) is 9.82. The van der Waals surface area contributed by atoms with Crippen molar-refractivity contribution in [2.75, 3.05) is 6.54 Å². The summed E-state index contributed by atoms with van der Waals surface area (Å²) in [7, 11) is 0. The minimum Gasteiger partial charge on any atom is -0.449 e. The third-order valence-electron chi connectivity index (χ3n) is 3.93. The van der Waals surface area contributed by atoms with Crippen LogP contribution in [0.2, 0.25) is 0 Å². The van der Waals surface area contributed by atoms with Crippen molar-refractivity contribution in [2.45, 2.75) is 20.0 Å². The zero-order valence-corrected chi connectivity index (χ0v) is 16.5. The van der Waals surface area contributed by atoms with E-state index in [4.69, 9.17) is 4.74 Å². The Hall–Kier alpha value is -3.19. The predicted molar refractivity (Wildman–Crippen MR) is 110 cm³/mol. The molecule has 28 heavy (non-hydrogen) atoms. The zero-order chi connectivity index (χ0) is 19.9. The van der Waals surface area contributed by atoms with Crippen LogP contribution >= 0.6 is 11.3 Å². The average molecular weight is 395 g/mol. The molecule has 0 fully saturated rings. The molecule has 1 atom stereocenters. The molecule has 0 saturated heterocycles. The Morgan fingerprint density at radius 3 is 2.71 bits per heavy atom. The Bertz CT molecular complexity index is 962. The van der Waals surface area contributed by atoms with Crippen molar-refractivity contribution in [3.05, 3.63) is 65.7 Å². The van der Waals surface area contributed by atoms with Crippen LogP contribution in [0.25, 0.3) is 22.3 Å². The molecule has 6 nitrogen and oxygen atoms in total. The summed E-state index contributed by atoms with van der Waals surface area (Å²) in [5.74, 6) is -0.899. The van der Waals surface area contributed by atoms with Crippen molar-refractivity contribution in [1.82, 2.24) is 15.1 Å². The number of rotatable bonds is 7. The van der Waals surface area contributed by atoms with E-state index in [0.717, 1.165) is 21.8 Å². The standard InChI is InChI=1S/C21H21N3O3S/c1-3-22-21(26)15(2)27-19(25)12-11-16-14-24(17-8-5-4-6-9-17)23-20(16)18-10-7-13-28-18/h4-15H,3H2,1-2H3,(H,22,26)/b12-11+/t15-/m0/s1. The maximum atomic E-state index is 12.1. The molecule has 0 aliphatic heterocycles. The molecule has 0 aliphatic carbocycles. The number of ether oxygens (including phenoxy) is 1. The van der Waals surface area contributed by atoms with Gasteiger partial charge in [-0.25, -0.2) is 9.48 Å². The largest absolute Gasteiger partial charge is 0.449 e. The maximum Gasteiger partial charge on any atom is 0.331 e. The normalized spacial score (nSPS) is 12.1. The fraction of sp³-hybridized carbons (Fsp3) is 0.190. The number of carbonyl (C=O) groups excluding carboxylic acids is 2. The minimum absolute atomic E-state index is 0.319. The molecular weight excluding hydrogens is 374 g/mol. The lowest BCUT2D eigenvalue weighted by Gasteiger charge is -2.10. The van der Waals surface area contributed by atoms with E-state index in [1.807, 2.05) is 61.0 Å². The second kappa shape index (κ2) is 9.14. The molecular formula is C21H21N3O3S. The highest BCUT2D eigenvalue weighted by Crippen LogP contribution is 2.28. The number of benzene rings is 1. The average Bonchev–Trinajstić information content (AvgIpc) is 3.37. The summed E-state index contributed by atoms with van der Waals surface area (Å²) < 4.78 is 6.92. The molecule has 0 saturated carbocycles. The van der Waals surface area contributed by atoms with Gasteiger partial charge in [-0.3, -0.25) is 4.79 Å². The lowest BCUT2D eigenvalue weighted by molar-refractivity contribution is -0.150. The quantitative estimate of drug-likeness (QED) is 0.489. The summed E-state index contributed by atoms with van der Waals surface area (Å²) in [6.45, 7) is 3.84. The highest BCUT2D eigenvalue weighted by Gasteiger charge is 2.16. The molecule has 2 aromatic heterocycles. The summed E-state index contributed by atoms with van der Waals surface area (Å²) in [5, 5.41) is 9.27. The van der Waals surface area contributed by atoms with Crippen LogP contribution in [0.1, 0.15) is 19.4 Å². The minimum atomic E-state index is -0.846. The first-order chi connectivity index (χ1) is 13.6. The molecule has 0 unspecified atom stereocenters. The van der Waals surface area contributed by atoms with Gasteiger partial charge in [-0.1, -0.05) is 24.3 Å². The smallest absolute Gasteiger partial charge is 0.331 e. The van der Waals surface area contributed by atoms with E-state index in [1.54, 1.807) is 29.0 Å². The van der Waals surface area contributed by atoms with Gasteiger partial charge in [0.25, 0.3) is 5.91 Å². The fourth-order valence-corrected chi connectivity index (χ4v) is 3.30. The highest BCUT2D eigenvalue weighted by atomic mass is 32.1. The summed E-state index contributed by atoms with van der Waals surface area (Å²) >= 11 is 1.57. The molecule has 0 spiro atoms. The maximum absolute atomic E-state index is 12.1. The van der Waals surface area contributed by atoms with Gasteiger partial charge in [0.2, 0.25) is 0 Å². The van der Waals surface area contributed by atoms with Crippen LogP contribution < -0.4 is 5.32 Å². The van der Waals surface area contributed by atoms with E-state index >= 15 is 0 Å². The van der Waals surface area contributed by atoms with Crippen LogP contribution in [0.4, 0.5) is 0 Å². The van der Waals surface area contributed by atoms with E-state index in [1.165, 1.54) is 6.08 Å². The first-order valence-electron chi connectivity index (χ1n) is 8.94. The molecule has 2 heterocycles. The summed E-state index contributed by atoms with van der Waals surface area (Å²) in [6.07, 6.45) is 4.00. The predicted octanol–water partition coefficient (Wildman–Crippen LogP) is 3.68. The molecule has 3 rings (SSSR count). The Balaban J connectivity index is 1.82. The number of hydrogen-bond donors (Lipinski definition) is 1. The van der Waals surface area contributed by atoms with Gasteiger partial charge in [-0.15, -0.1) is 11.3 Å². The monoisotopic (exact) mass is 395 g/mol. The number of nitrogens with zero attached hydrogens (tertiary/aromatic N) is 2. The van der Waals surface area contributed by atoms with Gasteiger partial charge >= 0.3 is 5.97 Å². The molecule has 0 radical (unpaired) electrons. The van der Waals surface area contributed by atoms with Crippen LogP contribution in [0.5, 0.6) is 0 Å². The number of nitrogens with one attached hydrogen (secondary N) is 1. The first kappa shape index (κ1) is 19.6. The van der Waals surface area contributed by atoms with Crippen molar-refractivity contribution < 1.29 is 14.3 Å². The van der Waals surface area contributed by atoms with Crippen LogP contribution in [-0.2, 0) is 14.3 Å². The topological polar surface area (TPSA) is 73.2 Å². The van der Waals surface area contributed by atoms with Crippen molar-refractivity contribution in [3.8, 4) is 16.3 Å². The number of likely N-dealkylation sites (N-methyl/N-ethyl adjacent to an activating group) is 1. The molecule has 1 N–H and O–H groups in total. The molecule has 0 bridgehead atoms. The third kappa shape index (κ3) is 4.75. The van der Waals surface area contributed by atoms with Crippen LogP contribution in [0.3, 0.4) is 0 Å². The Labute approximate surface area is 167 Å². The third-order valence-corrected chi connectivity index (χ3v) is 4.81. The number of carbonyl (C=O) groups is 2. The molecule has 1 aromatic carbocycles. The lowest BCUT2D eigenvalue weighted by Crippen LogP contribution is -2.35. The van der Waals surface area contributed by atoms with Crippen LogP contribution in [0, 0.1) is 0 Å². The molecule has 1 amide bonds. The summed E-state index contributed by atoms with van der Waals surface area (Å²) in [5.41, 5.74) is 2.49. The Morgan fingerprint density at radius 1 is 1.25 bits per heavy atom. The second-order valence-electron chi connectivity index (χ2n) is 6.00. The fourth-order valence-electron chi connectivity index (χ4n) is 2.57.